The van der Waals surface area contributed by atoms with Crippen LogP contribution in [0.3, 0.4) is 0 Å². The summed E-state index contributed by atoms with van der Waals surface area (Å²) in [6, 6.07) is 8.26. The predicted octanol–water partition coefficient (Wildman–Crippen LogP) is 2.97. The summed E-state index contributed by atoms with van der Waals surface area (Å²) in [6.45, 7) is 4.77. The quantitative estimate of drug-likeness (QED) is 0.880. The van der Waals surface area contributed by atoms with Gasteiger partial charge in [-0.2, -0.15) is 5.10 Å². The molecule has 20 heavy (non-hydrogen) atoms. The van der Waals surface area contributed by atoms with Crippen molar-refractivity contribution in [1.82, 2.24) is 9.78 Å². The molecule has 0 spiro atoms. The first kappa shape index (κ1) is 14.6. The van der Waals surface area contributed by atoms with Crippen molar-refractivity contribution in [2.24, 2.45) is 12.8 Å². The Morgan fingerprint density at radius 2 is 1.90 bits per heavy atom. The molecule has 0 radical (unpaired) electrons. The van der Waals surface area contributed by atoms with Crippen molar-refractivity contribution < 1.29 is 4.74 Å². The topological polar surface area (TPSA) is 53.1 Å². The summed E-state index contributed by atoms with van der Waals surface area (Å²) in [6.07, 6.45) is 3.04. The van der Waals surface area contributed by atoms with Crippen molar-refractivity contribution in [3.63, 3.8) is 0 Å². The molecular weight excluding hydrogens is 250 g/mol. The molecule has 2 aromatic rings. The Kier molecular flexibility index (Phi) is 4.79. The van der Waals surface area contributed by atoms with Crippen molar-refractivity contribution in [3.05, 3.63) is 41.1 Å². The van der Waals surface area contributed by atoms with Crippen molar-refractivity contribution in [1.29, 1.82) is 0 Å². The van der Waals surface area contributed by atoms with Gasteiger partial charge in [0.15, 0.2) is 0 Å². The zero-order chi connectivity index (χ0) is 14.5. The molecule has 4 heteroatoms. The molecule has 0 saturated carbocycles. The van der Waals surface area contributed by atoms with Gasteiger partial charge in [0.1, 0.15) is 5.75 Å². The Morgan fingerprint density at radius 3 is 2.50 bits per heavy atom. The standard InChI is InChI=1S/C16H23N3O/c1-4-5-13-6-8-14(9-7-13)20-16-15(10-11-17)12(2)18-19(16)3/h6-9H,4-5,10-11,17H2,1-3H3. The molecule has 1 heterocycles. The highest BCUT2D eigenvalue weighted by Gasteiger charge is 2.14. The van der Waals surface area contributed by atoms with Crippen LogP contribution in [0, 0.1) is 6.92 Å². The molecule has 0 aliphatic carbocycles. The van der Waals surface area contributed by atoms with Crippen molar-refractivity contribution in [3.8, 4) is 11.6 Å². The van der Waals surface area contributed by atoms with Crippen LogP contribution in [0.1, 0.15) is 30.2 Å². The summed E-state index contributed by atoms with van der Waals surface area (Å²) < 4.78 is 7.77. The van der Waals surface area contributed by atoms with E-state index in [1.807, 2.05) is 26.1 Å². The van der Waals surface area contributed by atoms with E-state index in [1.165, 1.54) is 5.56 Å². The number of aryl methyl sites for hydroxylation is 3. The molecule has 0 aliphatic heterocycles. The van der Waals surface area contributed by atoms with E-state index in [0.717, 1.165) is 42.1 Å². The Balaban J connectivity index is 2.20. The van der Waals surface area contributed by atoms with Gasteiger partial charge in [-0.15, -0.1) is 0 Å². The molecule has 2 N–H and O–H groups in total. The lowest BCUT2D eigenvalue weighted by Gasteiger charge is -2.09. The summed E-state index contributed by atoms with van der Waals surface area (Å²) >= 11 is 0. The van der Waals surface area contributed by atoms with Gasteiger partial charge in [-0.25, -0.2) is 4.68 Å². The van der Waals surface area contributed by atoms with Crippen LogP contribution < -0.4 is 10.5 Å². The van der Waals surface area contributed by atoms with Gasteiger partial charge in [-0.1, -0.05) is 25.5 Å². The minimum absolute atomic E-state index is 0.596. The molecule has 0 saturated heterocycles. The molecule has 0 fully saturated rings. The van der Waals surface area contributed by atoms with Gasteiger partial charge in [-0.05, 0) is 44.0 Å². The molecule has 1 aromatic carbocycles. The Hall–Kier alpha value is -1.81. The maximum Gasteiger partial charge on any atom is 0.221 e. The highest BCUT2D eigenvalue weighted by molar-refractivity contribution is 5.36. The van der Waals surface area contributed by atoms with Crippen LogP contribution in [0.5, 0.6) is 11.6 Å². The van der Waals surface area contributed by atoms with Crippen LogP contribution >= 0.6 is 0 Å². The molecule has 0 amide bonds. The second-order valence-electron chi connectivity index (χ2n) is 5.03. The third-order valence-electron chi connectivity index (χ3n) is 3.36. The van der Waals surface area contributed by atoms with E-state index in [0.29, 0.717) is 6.54 Å². The average molecular weight is 273 g/mol. The second-order valence-corrected chi connectivity index (χ2v) is 5.03. The van der Waals surface area contributed by atoms with Gasteiger partial charge >= 0.3 is 0 Å². The first-order valence-corrected chi connectivity index (χ1v) is 7.15. The fourth-order valence-corrected chi connectivity index (χ4v) is 2.37. The van der Waals surface area contributed by atoms with E-state index in [2.05, 4.69) is 24.2 Å². The van der Waals surface area contributed by atoms with Gasteiger partial charge in [0.2, 0.25) is 5.88 Å². The lowest BCUT2D eigenvalue weighted by molar-refractivity contribution is 0.425. The first-order valence-electron chi connectivity index (χ1n) is 7.15. The van der Waals surface area contributed by atoms with E-state index in [1.54, 1.807) is 4.68 Å². The third-order valence-corrected chi connectivity index (χ3v) is 3.36. The van der Waals surface area contributed by atoms with Gasteiger partial charge in [0, 0.05) is 12.6 Å². The molecule has 0 aliphatic rings. The van der Waals surface area contributed by atoms with Gasteiger partial charge in [-0.3, -0.25) is 0 Å². The minimum Gasteiger partial charge on any atom is -0.439 e. The number of nitrogens with zero attached hydrogens (tertiary/aromatic N) is 2. The van der Waals surface area contributed by atoms with Gasteiger partial charge in [0.25, 0.3) is 0 Å². The molecule has 4 nitrogen and oxygen atoms in total. The molecule has 0 atom stereocenters. The largest absolute Gasteiger partial charge is 0.439 e. The molecule has 1 aromatic heterocycles. The van der Waals surface area contributed by atoms with E-state index in [-0.39, 0.29) is 0 Å². The summed E-state index contributed by atoms with van der Waals surface area (Å²) in [5.41, 5.74) is 9.07. The van der Waals surface area contributed by atoms with Crippen molar-refractivity contribution >= 4 is 0 Å². The fourth-order valence-electron chi connectivity index (χ4n) is 2.37. The second kappa shape index (κ2) is 6.57. The average Bonchev–Trinajstić information content (AvgIpc) is 2.69. The monoisotopic (exact) mass is 273 g/mol. The maximum atomic E-state index is 5.99. The highest BCUT2D eigenvalue weighted by atomic mass is 16.5. The van der Waals surface area contributed by atoms with Crippen molar-refractivity contribution in [2.45, 2.75) is 33.1 Å². The molecule has 0 unspecified atom stereocenters. The normalized spacial score (nSPS) is 10.8. The number of nitrogens with two attached hydrogens (primary N) is 1. The lowest BCUT2D eigenvalue weighted by atomic mass is 10.1. The predicted molar refractivity (Wildman–Crippen MR) is 81.2 cm³/mol. The van der Waals surface area contributed by atoms with Crippen LogP contribution in [0.4, 0.5) is 0 Å². The summed E-state index contributed by atoms with van der Waals surface area (Å²) in [4.78, 5) is 0. The van der Waals surface area contributed by atoms with E-state index >= 15 is 0 Å². The van der Waals surface area contributed by atoms with Crippen LogP contribution in [0.2, 0.25) is 0 Å². The number of aromatic nitrogens is 2. The molecule has 108 valence electrons. The zero-order valence-corrected chi connectivity index (χ0v) is 12.5. The zero-order valence-electron chi connectivity index (χ0n) is 12.5. The molecular formula is C16H23N3O. The Bertz CT molecular complexity index is 558. The third kappa shape index (κ3) is 3.20. The van der Waals surface area contributed by atoms with E-state index < -0.39 is 0 Å². The summed E-state index contributed by atoms with van der Waals surface area (Å²) in [5.74, 6) is 1.63. The Morgan fingerprint density at radius 1 is 1.20 bits per heavy atom. The Labute approximate surface area is 120 Å². The number of hydrogen-bond donors (Lipinski definition) is 1. The summed E-state index contributed by atoms with van der Waals surface area (Å²) in [5, 5.41) is 4.41. The minimum atomic E-state index is 0.596. The molecule has 2 rings (SSSR count). The first-order chi connectivity index (χ1) is 9.65. The summed E-state index contributed by atoms with van der Waals surface area (Å²) in [7, 11) is 1.90. The number of ether oxygens (including phenoxy) is 1. The van der Waals surface area contributed by atoms with Gasteiger partial charge in [0.05, 0.1) is 5.69 Å². The number of benzene rings is 1. The number of hydrogen-bond acceptors (Lipinski definition) is 3. The van der Waals surface area contributed by atoms with Crippen LogP contribution in [0.25, 0.3) is 0 Å². The van der Waals surface area contributed by atoms with Gasteiger partial charge < -0.3 is 10.5 Å². The number of rotatable bonds is 6. The van der Waals surface area contributed by atoms with E-state index in [4.69, 9.17) is 10.5 Å². The van der Waals surface area contributed by atoms with Crippen LogP contribution in [-0.2, 0) is 19.9 Å². The molecule has 0 bridgehead atoms. The lowest BCUT2D eigenvalue weighted by Crippen LogP contribution is -2.05. The SMILES string of the molecule is CCCc1ccc(Oc2c(CCN)c(C)nn2C)cc1. The van der Waals surface area contributed by atoms with Crippen molar-refractivity contribution in [2.75, 3.05) is 6.54 Å². The maximum absolute atomic E-state index is 5.99. The van der Waals surface area contributed by atoms with Crippen LogP contribution in [-0.4, -0.2) is 16.3 Å². The fraction of sp³-hybridized carbons (Fsp3) is 0.438. The van der Waals surface area contributed by atoms with E-state index in [9.17, 15) is 0 Å². The highest BCUT2D eigenvalue weighted by Crippen LogP contribution is 2.27. The smallest absolute Gasteiger partial charge is 0.221 e. The van der Waals surface area contributed by atoms with Crippen LogP contribution in [0.15, 0.2) is 24.3 Å².